The molecule has 1 heterocycles. The van der Waals surface area contributed by atoms with E-state index in [9.17, 15) is 0 Å². The summed E-state index contributed by atoms with van der Waals surface area (Å²) in [6.07, 6.45) is 21.6. The highest BCUT2D eigenvalue weighted by Crippen LogP contribution is 2.42. The van der Waals surface area contributed by atoms with Crippen LogP contribution in [-0.4, -0.2) is 58.9 Å². The first-order chi connectivity index (χ1) is 16.5. The maximum Gasteiger partial charge on any atom is 0.0336 e. The van der Waals surface area contributed by atoms with Gasteiger partial charge >= 0.3 is 0 Å². The van der Waals surface area contributed by atoms with Gasteiger partial charge in [0.1, 0.15) is 0 Å². The Labute approximate surface area is 234 Å². The molecule has 0 spiro atoms. The highest BCUT2D eigenvalue weighted by atomic mass is 35.5. The smallest absolute Gasteiger partial charge is 0.0336 e. The molecule has 0 amide bonds. The highest BCUT2D eigenvalue weighted by Gasteiger charge is 2.33. The fraction of sp³-hybridized carbons (Fsp3) is 1.00. The average Bonchev–Trinajstić information content (AvgIpc) is 2.87. The maximum absolute atomic E-state index is 6.36. The zero-order chi connectivity index (χ0) is 23.9. The van der Waals surface area contributed by atoms with Gasteiger partial charge in [-0.05, 0) is 119 Å². The molecule has 4 rings (SSSR count). The second-order valence-corrected chi connectivity index (χ2v) is 14.0. The highest BCUT2D eigenvalue weighted by molar-refractivity contribution is 6.20. The summed E-state index contributed by atoms with van der Waals surface area (Å²) in [5, 5.41) is 4.57. The van der Waals surface area contributed by atoms with Crippen molar-refractivity contribution in [2.75, 3.05) is 26.2 Å². The van der Waals surface area contributed by atoms with Gasteiger partial charge in [0.25, 0.3) is 0 Å². The van der Waals surface area contributed by atoms with Crippen LogP contribution in [0.4, 0.5) is 0 Å². The lowest BCUT2D eigenvalue weighted by Crippen LogP contribution is -2.48. The number of alkyl halides is 1. The van der Waals surface area contributed by atoms with Crippen LogP contribution in [-0.2, 0) is 0 Å². The fourth-order valence-electron chi connectivity index (χ4n) is 8.34. The predicted molar refractivity (Wildman–Crippen MR) is 159 cm³/mol. The number of piperidine rings is 1. The summed E-state index contributed by atoms with van der Waals surface area (Å²) < 4.78 is 0. The number of nitrogens with zero attached hydrogens (tertiary/aromatic N) is 1. The molecule has 0 radical (unpaired) electrons. The molecule has 7 N–H and O–H groups in total. The second-order valence-electron chi connectivity index (χ2n) is 13.4. The summed E-state index contributed by atoms with van der Waals surface area (Å²) >= 11 is 6.36. The van der Waals surface area contributed by atoms with Crippen molar-refractivity contribution < 1.29 is 16.4 Å². The molecule has 1 saturated heterocycles. The first-order valence-electron chi connectivity index (χ1n) is 15.6. The number of rotatable bonds is 9. The lowest BCUT2D eigenvalue weighted by Gasteiger charge is -2.41. The van der Waals surface area contributed by atoms with Gasteiger partial charge in [0.05, 0.1) is 0 Å². The van der Waals surface area contributed by atoms with Crippen LogP contribution < -0.4 is 5.32 Å². The monoisotopic (exact) mass is 546 g/mol. The lowest BCUT2D eigenvalue weighted by molar-refractivity contribution is 0.108. The van der Waals surface area contributed by atoms with E-state index in [1.807, 2.05) is 0 Å². The summed E-state index contributed by atoms with van der Waals surface area (Å²) in [4.78, 5) is 2.79. The molecule has 3 aliphatic carbocycles. The Bertz CT molecular complexity index is 579. The molecule has 37 heavy (non-hydrogen) atoms. The maximum atomic E-state index is 6.36. The largest absolute Gasteiger partial charge is 0.412 e. The minimum absolute atomic E-state index is 0. The van der Waals surface area contributed by atoms with Crippen molar-refractivity contribution in [3.8, 4) is 0 Å². The van der Waals surface area contributed by atoms with Crippen LogP contribution in [0.1, 0.15) is 117 Å². The Hall–Kier alpha value is 0.0900. The molecule has 4 aliphatic rings. The minimum atomic E-state index is 0. The summed E-state index contributed by atoms with van der Waals surface area (Å²) in [6, 6.07) is 0.655. The third kappa shape index (κ3) is 10.5. The minimum Gasteiger partial charge on any atom is -0.412 e. The van der Waals surface area contributed by atoms with Gasteiger partial charge in [-0.25, -0.2) is 0 Å². The van der Waals surface area contributed by atoms with Gasteiger partial charge in [-0.15, -0.1) is 11.6 Å². The molecule has 4 fully saturated rings. The van der Waals surface area contributed by atoms with Crippen molar-refractivity contribution in [2.45, 2.75) is 129 Å². The molecular weight excluding hydrogens is 484 g/mol. The van der Waals surface area contributed by atoms with Crippen LogP contribution in [0.2, 0.25) is 0 Å². The SMILES string of the molecule is CCC1CCCC(C2CCCC(CN[C@@H](CN3CCC(C4CCC(Cl)CC4)CC3)C(C)C)C2)C1.O.O.O. The Morgan fingerprint density at radius 1 is 0.703 bits per heavy atom. The standard InChI is InChI=1S/C31H57ClN2.3H2O/c1-4-24-7-5-9-28(19-24)29-10-6-8-25(20-29)21-33-31(23(2)3)22-34-17-15-27(16-18-34)26-11-13-30(32)14-12-26;;;/h23-31,33H,4-22H2,1-3H3;3*1H2/t24?,25?,26?,28?,29?,30?,31-;;;/m0.../s1. The van der Waals surface area contributed by atoms with Gasteiger partial charge in [-0.3, -0.25) is 0 Å². The van der Waals surface area contributed by atoms with E-state index in [4.69, 9.17) is 11.6 Å². The number of hydrogen-bond acceptors (Lipinski definition) is 2. The van der Waals surface area contributed by atoms with Crippen molar-refractivity contribution >= 4 is 11.6 Å². The van der Waals surface area contributed by atoms with Crippen molar-refractivity contribution in [1.82, 2.24) is 10.2 Å². The Morgan fingerprint density at radius 2 is 1.24 bits per heavy atom. The van der Waals surface area contributed by atoms with Gasteiger partial charge in [0, 0.05) is 18.0 Å². The quantitative estimate of drug-likeness (QED) is 0.376. The summed E-state index contributed by atoms with van der Waals surface area (Å²) in [6.45, 7) is 12.5. The van der Waals surface area contributed by atoms with Crippen LogP contribution in [0.5, 0.6) is 0 Å². The molecule has 0 aromatic rings. The molecular formula is C31H63ClN2O3. The Kier molecular flexibility index (Phi) is 16.8. The van der Waals surface area contributed by atoms with E-state index < -0.39 is 0 Å². The predicted octanol–water partition coefficient (Wildman–Crippen LogP) is 5.66. The molecule has 222 valence electrons. The van der Waals surface area contributed by atoms with E-state index in [-0.39, 0.29) is 16.4 Å². The molecule has 0 aromatic carbocycles. The van der Waals surface area contributed by atoms with E-state index >= 15 is 0 Å². The number of likely N-dealkylation sites (tertiary alicyclic amines) is 1. The first-order valence-corrected chi connectivity index (χ1v) is 16.0. The molecule has 3 saturated carbocycles. The normalized spacial score (nSPS) is 34.6. The van der Waals surface area contributed by atoms with E-state index in [1.54, 1.807) is 6.42 Å². The molecule has 6 heteroatoms. The van der Waals surface area contributed by atoms with Gasteiger partial charge in [0.15, 0.2) is 0 Å². The second kappa shape index (κ2) is 17.7. The molecule has 0 aromatic heterocycles. The third-order valence-corrected chi connectivity index (χ3v) is 11.3. The molecule has 5 atom stereocenters. The van der Waals surface area contributed by atoms with Gasteiger partial charge in [-0.2, -0.15) is 0 Å². The van der Waals surface area contributed by atoms with E-state index in [2.05, 4.69) is 31.0 Å². The topological polar surface area (TPSA) is 110 Å². The van der Waals surface area contributed by atoms with Crippen LogP contribution in [0.3, 0.4) is 0 Å². The molecule has 4 unspecified atom stereocenters. The zero-order valence-corrected chi connectivity index (χ0v) is 25.2. The molecule has 0 bridgehead atoms. The summed E-state index contributed by atoms with van der Waals surface area (Å²) in [5.41, 5.74) is 0. The van der Waals surface area contributed by atoms with E-state index in [1.165, 1.54) is 116 Å². The van der Waals surface area contributed by atoms with Crippen molar-refractivity contribution in [2.24, 2.45) is 41.4 Å². The first kappa shape index (κ1) is 35.1. The van der Waals surface area contributed by atoms with Crippen LogP contribution >= 0.6 is 11.6 Å². The lowest BCUT2D eigenvalue weighted by atomic mass is 9.68. The average molecular weight is 547 g/mol. The molecule has 5 nitrogen and oxygen atoms in total. The number of halogens is 1. The van der Waals surface area contributed by atoms with Crippen LogP contribution in [0, 0.1) is 41.4 Å². The Balaban J connectivity index is 0.00000228. The van der Waals surface area contributed by atoms with Crippen LogP contribution in [0.15, 0.2) is 0 Å². The number of nitrogens with one attached hydrogen (secondary N) is 1. The Morgan fingerprint density at radius 3 is 1.81 bits per heavy atom. The number of hydrogen-bond donors (Lipinski definition) is 1. The summed E-state index contributed by atoms with van der Waals surface area (Å²) in [7, 11) is 0. The molecule has 1 aliphatic heterocycles. The van der Waals surface area contributed by atoms with E-state index in [0.29, 0.717) is 11.4 Å². The van der Waals surface area contributed by atoms with Crippen LogP contribution in [0.25, 0.3) is 0 Å². The van der Waals surface area contributed by atoms with E-state index in [0.717, 1.165) is 41.4 Å². The van der Waals surface area contributed by atoms with Crippen molar-refractivity contribution in [1.29, 1.82) is 0 Å². The fourth-order valence-corrected chi connectivity index (χ4v) is 8.59. The van der Waals surface area contributed by atoms with Gasteiger partial charge < -0.3 is 26.6 Å². The van der Waals surface area contributed by atoms with Crippen molar-refractivity contribution in [3.63, 3.8) is 0 Å². The zero-order valence-electron chi connectivity index (χ0n) is 24.5. The van der Waals surface area contributed by atoms with Gasteiger partial charge in [-0.1, -0.05) is 59.3 Å². The third-order valence-electron chi connectivity index (χ3n) is 10.8. The summed E-state index contributed by atoms with van der Waals surface area (Å²) in [5.74, 6) is 6.68. The van der Waals surface area contributed by atoms with Gasteiger partial charge in [0.2, 0.25) is 0 Å². The van der Waals surface area contributed by atoms with Crippen molar-refractivity contribution in [3.05, 3.63) is 0 Å².